The quantitative estimate of drug-likeness (QED) is 0.609. The number of rotatable bonds is 1. The Morgan fingerprint density at radius 1 is 1.18 bits per heavy atom. The second kappa shape index (κ2) is 6.49. The van der Waals surface area contributed by atoms with Crippen molar-refractivity contribution in [3.8, 4) is 10.1 Å². The number of hydrogen-bond acceptors (Lipinski definition) is 5. The molecule has 0 aliphatic carbocycles. The van der Waals surface area contributed by atoms with E-state index in [1.54, 1.807) is 6.20 Å². The Bertz CT molecular complexity index is 1100. The highest BCUT2D eigenvalue weighted by Gasteiger charge is 2.34. The molecule has 3 aromatic rings. The van der Waals surface area contributed by atoms with E-state index in [0.29, 0.717) is 30.4 Å². The van der Waals surface area contributed by atoms with Crippen LogP contribution in [0.3, 0.4) is 0 Å². The van der Waals surface area contributed by atoms with Gasteiger partial charge in [-0.1, -0.05) is 17.4 Å². The topological polar surface area (TPSA) is 48.6 Å². The standard InChI is InChI=1S/C20H17F2N3O2S/c1-10-8-23-18-11(2)24-17(16-13(21)4-3-5-14(16)22)15-12-9-26-6-7-27-20(12)28-19(15)25(10)18/h3-5,8,11H,6-7,9H2,1-2H3/t11-/m0/s1. The van der Waals surface area contributed by atoms with Crippen LogP contribution in [0.15, 0.2) is 29.4 Å². The second-order valence-electron chi connectivity index (χ2n) is 6.79. The molecule has 0 bridgehead atoms. The summed E-state index contributed by atoms with van der Waals surface area (Å²) in [5.74, 6) is -0.574. The third-order valence-electron chi connectivity index (χ3n) is 4.96. The normalized spacial score (nSPS) is 18.3. The second-order valence-corrected chi connectivity index (χ2v) is 7.75. The average molecular weight is 401 g/mol. The minimum Gasteiger partial charge on any atom is -0.481 e. The number of hydrogen-bond donors (Lipinski definition) is 0. The Labute approximate surface area is 164 Å². The molecular weight excluding hydrogens is 384 g/mol. The maximum absolute atomic E-state index is 14.7. The highest BCUT2D eigenvalue weighted by molar-refractivity contribution is 7.17. The van der Waals surface area contributed by atoms with E-state index in [9.17, 15) is 8.78 Å². The van der Waals surface area contributed by atoms with Gasteiger partial charge >= 0.3 is 0 Å². The highest BCUT2D eigenvalue weighted by atomic mass is 32.1. The van der Waals surface area contributed by atoms with Crippen LogP contribution in [0.25, 0.3) is 5.00 Å². The highest BCUT2D eigenvalue weighted by Crippen LogP contribution is 2.44. The summed E-state index contributed by atoms with van der Waals surface area (Å²) >= 11 is 1.43. The first-order chi connectivity index (χ1) is 13.6. The Morgan fingerprint density at radius 3 is 2.75 bits per heavy atom. The van der Waals surface area contributed by atoms with Crippen LogP contribution in [0.4, 0.5) is 8.78 Å². The molecule has 0 saturated carbocycles. The zero-order chi connectivity index (χ0) is 19.4. The van der Waals surface area contributed by atoms with E-state index in [2.05, 4.69) is 4.98 Å². The molecule has 5 nitrogen and oxygen atoms in total. The molecule has 1 atom stereocenters. The molecule has 0 spiro atoms. The van der Waals surface area contributed by atoms with Crippen molar-refractivity contribution in [2.45, 2.75) is 26.5 Å². The van der Waals surface area contributed by atoms with E-state index in [4.69, 9.17) is 14.5 Å². The zero-order valence-corrected chi connectivity index (χ0v) is 16.1. The number of halogens is 2. The van der Waals surface area contributed by atoms with E-state index in [-0.39, 0.29) is 17.3 Å². The molecule has 0 N–H and O–H groups in total. The average Bonchev–Trinajstić information content (AvgIpc) is 3.08. The van der Waals surface area contributed by atoms with Gasteiger partial charge in [0.2, 0.25) is 0 Å². The number of nitrogens with zero attached hydrogens (tertiary/aromatic N) is 3. The number of imidazole rings is 1. The third-order valence-corrected chi connectivity index (χ3v) is 6.09. The predicted octanol–water partition coefficient (Wildman–Crippen LogP) is 4.34. The van der Waals surface area contributed by atoms with Crippen LogP contribution >= 0.6 is 11.3 Å². The maximum Gasteiger partial charge on any atom is 0.182 e. The molecule has 2 aromatic heterocycles. The fourth-order valence-electron chi connectivity index (χ4n) is 3.69. The molecule has 8 heteroatoms. The number of thiophene rings is 1. The fraction of sp³-hybridized carbons (Fsp3) is 0.300. The fourth-order valence-corrected chi connectivity index (χ4v) is 4.95. The van der Waals surface area contributed by atoms with Crippen LogP contribution in [0.1, 0.15) is 41.2 Å². The molecule has 4 heterocycles. The molecule has 0 fully saturated rings. The summed E-state index contributed by atoms with van der Waals surface area (Å²) < 4.78 is 43.0. The Balaban J connectivity index is 1.87. The monoisotopic (exact) mass is 401 g/mol. The van der Waals surface area contributed by atoms with Crippen LogP contribution in [-0.4, -0.2) is 28.5 Å². The first kappa shape index (κ1) is 17.5. The lowest BCUT2D eigenvalue weighted by atomic mass is 9.99. The lowest BCUT2D eigenvalue weighted by Gasteiger charge is -2.12. The Morgan fingerprint density at radius 2 is 1.96 bits per heavy atom. The summed E-state index contributed by atoms with van der Waals surface area (Å²) in [6.07, 6.45) is 1.78. The molecule has 1 aromatic carbocycles. The molecular formula is C20H17F2N3O2S. The van der Waals surface area contributed by atoms with Gasteiger partial charge in [0.15, 0.2) is 5.06 Å². The molecule has 5 rings (SSSR count). The SMILES string of the molecule is Cc1cnc2n1-c1sc3c(c1C(c1c(F)cccc1F)=N[C@H]2C)COCCO3. The summed E-state index contributed by atoms with van der Waals surface area (Å²) in [5.41, 5.74) is 2.48. The van der Waals surface area contributed by atoms with Crippen LogP contribution in [0.5, 0.6) is 5.06 Å². The molecule has 0 unspecified atom stereocenters. The van der Waals surface area contributed by atoms with Crippen molar-refractivity contribution in [1.82, 2.24) is 9.55 Å². The zero-order valence-electron chi connectivity index (χ0n) is 15.3. The van der Waals surface area contributed by atoms with E-state index in [1.165, 1.54) is 29.5 Å². The van der Waals surface area contributed by atoms with E-state index in [1.807, 2.05) is 18.4 Å². The van der Waals surface area contributed by atoms with Crippen LogP contribution in [0, 0.1) is 18.6 Å². The molecule has 0 amide bonds. The first-order valence-corrected chi connectivity index (χ1v) is 9.81. The van der Waals surface area contributed by atoms with Crippen molar-refractivity contribution in [1.29, 1.82) is 0 Å². The van der Waals surface area contributed by atoms with E-state index in [0.717, 1.165) is 22.1 Å². The largest absolute Gasteiger partial charge is 0.481 e. The molecule has 28 heavy (non-hydrogen) atoms. The van der Waals surface area contributed by atoms with Crippen molar-refractivity contribution in [3.63, 3.8) is 0 Å². The summed E-state index contributed by atoms with van der Waals surface area (Å²) in [6, 6.07) is 3.48. The number of aryl methyl sites for hydroxylation is 1. The summed E-state index contributed by atoms with van der Waals surface area (Å²) in [7, 11) is 0. The van der Waals surface area contributed by atoms with Gasteiger partial charge in [-0.2, -0.15) is 0 Å². The van der Waals surface area contributed by atoms with Crippen molar-refractivity contribution in [3.05, 3.63) is 64.2 Å². The minimum absolute atomic E-state index is 0.135. The lowest BCUT2D eigenvalue weighted by Crippen LogP contribution is -2.12. The lowest BCUT2D eigenvalue weighted by molar-refractivity contribution is 0.107. The van der Waals surface area contributed by atoms with Gasteiger partial charge < -0.3 is 9.47 Å². The van der Waals surface area contributed by atoms with Crippen LogP contribution in [-0.2, 0) is 11.3 Å². The van der Waals surface area contributed by atoms with Gasteiger partial charge in [0.1, 0.15) is 35.1 Å². The first-order valence-electron chi connectivity index (χ1n) is 8.99. The van der Waals surface area contributed by atoms with Crippen molar-refractivity contribution >= 4 is 17.0 Å². The number of fused-ring (bicyclic) bond motifs is 5. The minimum atomic E-state index is -0.649. The van der Waals surface area contributed by atoms with Gasteiger partial charge in [0, 0.05) is 23.0 Å². The number of ether oxygens (including phenoxy) is 2. The third kappa shape index (κ3) is 2.51. The maximum atomic E-state index is 14.7. The molecule has 0 saturated heterocycles. The molecule has 0 radical (unpaired) electrons. The van der Waals surface area contributed by atoms with Gasteiger partial charge in [-0.25, -0.2) is 13.8 Å². The van der Waals surface area contributed by atoms with Crippen molar-refractivity contribution < 1.29 is 18.3 Å². The van der Waals surface area contributed by atoms with Gasteiger partial charge in [-0.15, -0.1) is 0 Å². The van der Waals surface area contributed by atoms with Gasteiger partial charge in [-0.3, -0.25) is 9.56 Å². The summed E-state index contributed by atoms with van der Waals surface area (Å²) in [6.45, 7) is 5.01. The number of benzene rings is 1. The van der Waals surface area contributed by atoms with Crippen molar-refractivity contribution in [2.24, 2.45) is 4.99 Å². The van der Waals surface area contributed by atoms with Crippen LogP contribution < -0.4 is 4.74 Å². The van der Waals surface area contributed by atoms with Crippen LogP contribution in [0.2, 0.25) is 0 Å². The van der Waals surface area contributed by atoms with E-state index >= 15 is 0 Å². The predicted molar refractivity (Wildman–Crippen MR) is 102 cm³/mol. The number of aromatic nitrogens is 2. The van der Waals surface area contributed by atoms with Gasteiger partial charge in [0.25, 0.3) is 0 Å². The Kier molecular flexibility index (Phi) is 4.06. The van der Waals surface area contributed by atoms with Crippen molar-refractivity contribution in [2.75, 3.05) is 13.2 Å². The van der Waals surface area contributed by atoms with Gasteiger partial charge in [0.05, 0.1) is 24.5 Å². The number of aliphatic imine (C=N–C) groups is 1. The summed E-state index contributed by atoms with van der Waals surface area (Å²) in [4.78, 5) is 9.22. The molecule has 2 aliphatic heterocycles. The summed E-state index contributed by atoms with van der Waals surface area (Å²) in [5, 5.41) is 1.49. The molecule has 144 valence electrons. The smallest absolute Gasteiger partial charge is 0.182 e. The van der Waals surface area contributed by atoms with E-state index < -0.39 is 11.6 Å². The molecule has 2 aliphatic rings. The Hall–Kier alpha value is -2.58. The van der Waals surface area contributed by atoms with Gasteiger partial charge in [-0.05, 0) is 26.0 Å².